The van der Waals surface area contributed by atoms with Crippen molar-refractivity contribution in [2.45, 2.75) is 17.9 Å². The second-order valence-electron chi connectivity index (χ2n) is 3.89. The Kier molecular flexibility index (Phi) is 5.57. The summed E-state index contributed by atoms with van der Waals surface area (Å²) < 4.78 is 0. The van der Waals surface area contributed by atoms with Gasteiger partial charge in [0, 0.05) is 20.5 Å². The summed E-state index contributed by atoms with van der Waals surface area (Å²) in [5.41, 5.74) is 0. The van der Waals surface area contributed by atoms with Gasteiger partial charge in [0.15, 0.2) is 0 Å². The third-order valence-electron chi connectivity index (χ3n) is 2.55. The van der Waals surface area contributed by atoms with Crippen LogP contribution in [0.1, 0.15) is 17.8 Å². The molecule has 0 bridgehead atoms. The Morgan fingerprint density at radius 1 is 1.33 bits per heavy atom. The third-order valence-corrected chi connectivity index (χ3v) is 4.86. The van der Waals surface area contributed by atoms with Crippen LogP contribution in [-0.4, -0.2) is 12.3 Å². The van der Waals surface area contributed by atoms with Crippen molar-refractivity contribution in [2.75, 3.05) is 12.3 Å². The molecule has 1 nitrogen and oxygen atoms in total. The van der Waals surface area contributed by atoms with Crippen LogP contribution in [0.15, 0.2) is 46.7 Å². The number of hydrogen-bond donors (Lipinski definition) is 1. The fraction of sp³-hybridized carbons (Fsp3) is 0.286. The van der Waals surface area contributed by atoms with Crippen LogP contribution in [0.25, 0.3) is 0 Å². The first kappa shape index (κ1) is 13.9. The summed E-state index contributed by atoms with van der Waals surface area (Å²) in [5, 5.41) is 6.46. The molecule has 4 heteroatoms. The highest BCUT2D eigenvalue weighted by Crippen LogP contribution is 2.28. The van der Waals surface area contributed by atoms with Gasteiger partial charge < -0.3 is 5.32 Å². The molecule has 2 aromatic rings. The minimum atomic E-state index is 0.416. The maximum absolute atomic E-state index is 5.99. The lowest BCUT2D eigenvalue weighted by Crippen LogP contribution is -2.21. The summed E-state index contributed by atoms with van der Waals surface area (Å²) in [6.45, 7) is 3.13. The van der Waals surface area contributed by atoms with E-state index in [1.54, 1.807) is 0 Å². The molecule has 1 aromatic heterocycles. The lowest BCUT2D eigenvalue weighted by Gasteiger charge is -2.16. The molecule has 0 aliphatic rings. The number of halogens is 1. The molecule has 0 fully saturated rings. The smallest absolute Gasteiger partial charge is 0.0510 e. The molecule has 0 saturated heterocycles. The number of nitrogens with one attached hydrogen (secondary N) is 1. The van der Waals surface area contributed by atoms with Crippen LogP contribution in [0.5, 0.6) is 0 Å². The third kappa shape index (κ3) is 4.02. The SMILES string of the molecule is CCNC(CSc1cccc(Cl)c1)c1cccs1. The van der Waals surface area contributed by atoms with E-state index in [0.29, 0.717) is 6.04 Å². The molecule has 1 atom stereocenters. The predicted molar refractivity (Wildman–Crippen MR) is 82.9 cm³/mol. The Hall–Kier alpha value is -0.480. The van der Waals surface area contributed by atoms with E-state index in [0.717, 1.165) is 17.3 Å². The molecule has 1 heterocycles. The van der Waals surface area contributed by atoms with Gasteiger partial charge in [-0.15, -0.1) is 23.1 Å². The highest BCUT2D eigenvalue weighted by molar-refractivity contribution is 7.99. The molecule has 1 N–H and O–H groups in total. The average molecular weight is 298 g/mol. The molecule has 0 saturated carbocycles. The molecule has 0 aliphatic carbocycles. The summed E-state index contributed by atoms with van der Waals surface area (Å²) in [7, 11) is 0. The average Bonchev–Trinajstić information content (AvgIpc) is 2.88. The molecular formula is C14H16ClNS2. The van der Waals surface area contributed by atoms with Crippen LogP contribution in [0, 0.1) is 0 Å². The molecule has 0 spiro atoms. The number of rotatable bonds is 6. The lowest BCUT2D eigenvalue weighted by atomic mass is 10.3. The first-order valence-corrected chi connectivity index (χ1v) is 8.19. The van der Waals surface area contributed by atoms with E-state index in [-0.39, 0.29) is 0 Å². The number of hydrogen-bond acceptors (Lipinski definition) is 3. The predicted octanol–water partition coefficient (Wildman–Crippen LogP) is 4.84. The fourth-order valence-electron chi connectivity index (χ4n) is 1.71. The first-order chi connectivity index (χ1) is 8.79. The van der Waals surface area contributed by atoms with E-state index in [9.17, 15) is 0 Å². The molecule has 1 aromatic carbocycles. The number of thioether (sulfide) groups is 1. The normalized spacial score (nSPS) is 12.6. The Balaban J connectivity index is 1.98. The van der Waals surface area contributed by atoms with Crippen LogP contribution >= 0.6 is 34.7 Å². The number of benzene rings is 1. The quantitative estimate of drug-likeness (QED) is 0.765. The van der Waals surface area contributed by atoms with Crippen molar-refractivity contribution in [3.05, 3.63) is 51.7 Å². The van der Waals surface area contributed by atoms with Gasteiger partial charge in [0.25, 0.3) is 0 Å². The molecule has 2 rings (SSSR count). The summed E-state index contributed by atoms with van der Waals surface area (Å²) in [4.78, 5) is 2.62. The fourth-order valence-corrected chi connectivity index (χ4v) is 3.92. The molecular weight excluding hydrogens is 282 g/mol. The van der Waals surface area contributed by atoms with Gasteiger partial charge in [-0.2, -0.15) is 0 Å². The van der Waals surface area contributed by atoms with E-state index in [4.69, 9.17) is 11.6 Å². The van der Waals surface area contributed by atoms with Gasteiger partial charge >= 0.3 is 0 Å². The molecule has 0 radical (unpaired) electrons. The maximum atomic E-state index is 5.99. The standard InChI is InChI=1S/C14H16ClNS2/c1-2-16-13(14-7-4-8-17-14)10-18-12-6-3-5-11(15)9-12/h3-9,13,16H,2,10H2,1H3. The van der Waals surface area contributed by atoms with Crippen LogP contribution in [0.2, 0.25) is 5.02 Å². The second-order valence-corrected chi connectivity index (χ2v) is 6.40. The second kappa shape index (κ2) is 7.19. The van der Waals surface area contributed by atoms with E-state index in [1.807, 2.05) is 41.3 Å². The summed E-state index contributed by atoms with van der Waals surface area (Å²) in [6.07, 6.45) is 0. The van der Waals surface area contributed by atoms with Crippen LogP contribution in [0.4, 0.5) is 0 Å². The lowest BCUT2D eigenvalue weighted by molar-refractivity contribution is 0.615. The first-order valence-electron chi connectivity index (χ1n) is 5.94. The summed E-state index contributed by atoms with van der Waals surface area (Å²) in [6, 6.07) is 12.7. The maximum Gasteiger partial charge on any atom is 0.0510 e. The Bertz CT molecular complexity index is 470. The molecule has 0 amide bonds. The van der Waals surface area contributed by atoms with Crippen LogP contribution in [-0.2, 0) is 0 Å². The van der Waals surface area contributed by atoms with E-state index in [2.05, 4.69) is 35.8 Å². The van der Waals surface area contributed by atoms with E-state index < -0.39 is 0 Å². The van der Waals surface area contributed by atoms with Gasteiger partial charge in [-0.3, -0.25) is 0 Å². The zero-order valence-corrected chi connectivity index (χ0v) is 12.6. The number of thiophene rings is 1. The van der Waals surface area contributed by atoms with Crippen LogP contribution in [0.3, 0.4) is 0 Å². The highest BCUT2D eigenvalue weighted by atomic mass is 35.5. The largest absolute Gasteiger partial charge is 0.309 e. The van der Waals surface area contributed by atoms with Gasteiger partial charge in [0.1, 0.15) is 0 Å². The van der Waals surface area contributed by atoms with Gasteiger partial charge in [-0.1, -0.05) is 30.7 Å². The van der Waals surface area contributed by atoms with Gasteiger partial charge in [0.2, 0.25) is 0 Å². The van der Waals surface area contributed by atoms with Crippen molar-refractivity contribution >= 4 is 34.7 Å². The topological polar surface area (TPSA) is 12.0 Å². The highest BCUT2D eigenvalue weighted by Gasteiger charge is 2.11. The van der Waals surface area contributed by atoms with Crippen molar-refractivity contribution in [2.24, 2.45) is 0 Å². The molecule has 0 aliphatic heterocycles. The van der Waals surface area contributed by atoms with E-state index >= 15 is 0 Å². The Labute approximate surface area is 122 Å². The van der Waals surface area contributed by atoms with Gasteiger partial charge in [-0.05, 0) is 36.2 Å². The monoisotopic (exact) mass is 297 g/mol. The summed E-state index contributed by atoms with van der Waals surface area (Å²) >= 11 is 9.64. The van der Waals surface area contributed by atoms with Crippen molar-refractivity contribution in [3.8, 4) is 0 Å². The van der Waals surface area contributed by atoms with Gasteiger partial charge in [0.05, 0.1) is 6.04 Å². The Morgan fingerprint density at radius 2 is 2.22 bits per heavy atom. The van der Waals surface area contributed by atoms with Crippen molar-refractivity contribution in [1.82, 2.24) is 5.32 Å². The van der Waals surface area contributed by atoms with Crippen molar-refractivity contribution < 1.29 is 0 Å². The minimum absolute atomic E-state index is 0.416. The van der Waals surface area contributed by atoms with Gasteiger partial charge in [-0.25, -0.2) is 0 Å². The molecule has 18 heavy (non-hydrogen) atoms. The molecule has 1 unspecified atom stereocenters. The van der Waals surface area contributed by atoms with E-state index in [1.165, 1.54) is 9.77 Å². The van der Waals surface area contributed by atoms with Crippen LogP contribution < -0.4 is 5.32 Å². The zero-order valence-electron chi connectivity index (χ0n) is 10.2. The summed E-state index contributed by atoms with van der Waals surface area (Å²) in [5.74, 6) is 1.02. The zero-order chi connectivity index (χ0) is 12.8. The van der Waals surface area contributed by atoms with Crippen molar-refractivity contribution in [1.29, 1.82) is 0 Å². The van der Waals surface area contributed by atoms with Crippen molar-refractivity contribution in [3.63, 3.8) is 0 Å². The Morgan fingerprint density at radius 3 is 2.89 bits per heavy atom. The molecule has 96 valence electrons. The minimum Gasteiger partial charge on any atom is -0.309 e.